The number of carbonyl (C=O) groups excluding carboxylic acids is 2. The van der Waals surface area contributed by atoms with Gasteiger partial charge in [-0.1, -0.05) is 35.5 Å². The van der Waals surface area contributed by atoms with E-state index < -0.39 is 0 Å². The van der Waals surface area contributed by atoms with Crippen LogP contribution in [0.2, 0.25) is 5.02 Å². The number of nitrogens with zero attached hydrogens (tertiary/aromatic N) is 3. The Morgan fingerprint density at radius 2 is 1.86 bits per heavy atom. The molecule has 142 valence electrons. The number of hydrogen-bond donors (Lipinski definition) is 1. The average molecular weight is 415 g/mol. The average Bonchev–Trinajstić information content (AvgIpc) is 3.25. The largest absolute Gasteiger partial charge is 0.486 e. The van der Waals surface area contributed by atoms with Crippen LogP contribution in [0.25, 0.3) is 0 Å². The highest BCUT2D eigenvalue weighted by Gasteiger charge is 2.35. The van der Waals surface area contributed by atoms with Gasteiger partial charge in [-0.25, -0.2) is 4.98 Å². The molecule has 1 N–H and O–H groups in total. The maximum atomic E-state index is 12.4. The first-order chi connectivity index (χ1) is 13.5. The maximum Gasteiger partial charge on any atom is 0.262 e. The first kappa shape index (κ1) is 18.5. The molecule has 0 fully saturated rings. The summed E-state index contributed by atoms with van der Waals surface area (Å²) in [6.07, 6.45) is 0. The Labute approximate surface area is 170 Å². The summed E-state index contributed by atoms with van der Waals surface area (Å²) in [4.78, 5) is 30.2. The zero-order valence-electron chi connectivity index (χ0n) is 14.8. The van der Waals surface area contributed by atoms with Gasteiger partial charge in [0.15, 0.2) is 5.82 Å². The zero-order valence-corrected chi connectivity index (χ0v) is 16.4. The van der Waals surface area contributed by atoms with E-state index in [2.05, 4.69) is 15.2 Å². The molecule has 2 aromatic carbocycles. The van der Waals surface area contributed by atoms with Crippen molar-refractivity contribution in [1.82, 2.24) is 20.1 Å². The lowest BCUT2D eigenvalue weighted by Gasteiger charge is -2.11. The Morgan fingerprint density at radius 3 is 2.54 bits per heavy atom. The summed E-state index contributed by atoms with van der Waals surface area (Å²) in [5, 5.41) is 8.00. The number of benzene rings is 2. The predicted octanol–water partition coefficient (Wildman–Crippen LogP) is 3.69. The molecule has 0 spiro atoms. The van der Waals surface area contributed by atoms with E-state index in [1.807, 2.05) is 13.0 Å². The fourth-order valence-electron chi connectivity index (χ4n) is 2.74. The van der Waals surface area contributed by atoms with Crippen LogP contribution < -0.4 is 4.74 Å². The number of nitrogens with one attached hydrogen (secondary N) is 1. The van der Waals surface area contributed by atoms with E-state index in [1.54, 1.807) is 36.4 Å². The lowest BCUT2D eigenvalue weighted by Crippen LogP contribution is -2.29. The molecule has 1 aliphatic heterocycles. The van der Waals surface area contributed by atoms with Crippen molar-refractivity contribution in [3.8, 4) is 5.75 Å². The second-order valence-electron chi connectivity index (χ2n) is 6.12. The molecular weight excluding hydrogens is 400 g/mol. The molecule has 0 unspecified atom stereocenters. The summed E-state index contributed by atoms with van der Waals surface area (Å²) in [6.45, 7) is 2.11. The molecule has 0 saturated heterocycles. The minimum Gasteiger partial charge on any atom is -0.486 e. The number of carbonyl (C=O) groups is 2. The van der Waals surface area contributed by atoms with E-state index in [-0.39, 0.29) is 24.3 Å². The van der Waals surface area contributed by atoms with Gasteiger partial charge in [0.1, 0.15) is 12.4 Å². The summed E-state index contributed by atoms with van der Waals surface area (Å²) >= 11 is 7.20. The summed E-state index contributed by atoms with van der Waals surface area (Å²) in [5.74, 6) is 0.757. The number of fused-ring (bicyclic) bond motifs is 1. The Morgan fingerprint density at radius 1 is 1.14 bits per heavy atom. The van der Waals surface area contributed by atoms with E-state index in [4.69, 9.17) is 16.3 Å². The Hall–Kier alpha value is -2.84. The normalized spacial score (nSPS) is 13.1. The Balaban J connectivity index is 1.35. The zero-order chi connectivity index (χ0) is 19.7. The Kier molecular flexibility index (Phi) is 5.06. The molecule has 1 aromatic heterocycles. The molecular formula is C19H15ClN4O3S. The van der Waals surface area contributed by atoms with Crippen LogP contribution in [0.1, 0.15) is 32.1 Å². The molecule has 28 heavy (non-hydrogen) atoms. The first-order valence-electron chi connectivity index (χ1n) is 8.41. The smallest absolute Gasteiger partial charge is 0.262 e. The molecule has 2 amide bonds. The quantitative estimate of drug-likeness (QED) is 0.489. The third-order valence-corrected chi connectivity index (χ3v) is 5.47. The fraction of sp³-hybridized carbons (Fsp3) is 0.158. The van der Waals surface area contributed by atoms with E-state index in [0.29, 0.717) is 32.9 Å². The minimum atomic E-state index is -0.301. The number of aromatic nitrogens is 3. The molecule has 0 radical (unpaired) electrons. The van der Waals surface area contributed by atoms with Crippen LogP contribution in [0.3, 0.4) is 0 Å². The van der Waals surface area contributed by atoms with Crippen molar-refractivity contribution in [3.05, 3.63) is 70.0 Å². The molecule has 2 heterocycles. The number of rotatable bonds is 6. The summed E-state index contributed by atoms with van der Waals surface area (Å²) in [6, 6.07) is 12.2. The third-order valence-electron chi connectivity index (χ3n) is 4.22. The number of aryl methyl sites for hydroxylation is 1. The standard InChI is InChI=1S/C19H15ClN4O3S/c1-11-8-12(6-7-15(11)20)27-9-16-21-19(23-22-16)28-10-24-17(25)13-4-2-3-5-14(13)18(24)26/h2-8H,9-10H2,1H3,(H,21,22,23). The topological polar surface area (TPSA) is 88.2 Å². The van der Waals surface area contributed by atoms with Crippen molar-refractivity contribution in [1.29, 1.82) is 0 Å². The number of ether oxygens (including phenoxy) is 1. The highest BCUT2D eigenvalue weighted by atomic mass is 35.5. The molecule has 4 rings (SSSR count). The van der Waals surface area contributed by atoms with Crippen LogP contribution >= 0.6 is 23.4 Å². The fourth-order valence-corrected chi connectivity index (χ4v) is 3.63. The number of thioether (sulfide) groups is 1. The van der Waals surface area contributed by atoms with Gasteiger partial charge in [0.2, 0.25) is 5.16 Å². The lowest BCUT2D eigenvalue weighted by atomic mass is 10.1. The van der Waals surface area contributed by atoms with Crippen LogP contribution in [-0.4, -0.2) is 37.8 Å². The predicted molar refractivity (Wildman–Crippen MR) is 105 cm³/mol. The van der Waals surface area contributed by atoms with Crippen LogP contribution in [-0.2, 0) is 6.61 Å². The monoisotopic (exact) mass is 414 g/mol. The molecule has 0 bridgehead atoms. The summed E-state index contributed by atoms with van der Waals surface area (Å²) in [5.41, 5.74) is 1.78. The van der Waals surface area contributed by atoms with Crippen LogP contribution in [0.5, 0.6) is 5.75 Å². The Bertz CT molecular complexity index is 1030. The molecule has 0 atom stereocenters. The van der Waals surface area contributed by atoms with E-state index in [0.717, 1.165) is 5.56 Å². The number of amides is 2. The SMILES string of the molecule is Cc1cc(OCc2nc(SCN3C(=O)c4ccccc4C3=O)n[nH]2)ccc1Cl. The lowest BCUT2D eigenvalue weighted by molar-refractivity contribution is 0.0684. The third kappa shape index (κ3) is 3.61. The van der Waals surface area contributed by atoms with Crippen LogP contribution in [0, 0.1) is 6.92 Å². The van der Waals surface area contributed by atoms with Gasteiger partial charge >= 0.3 is 0 Å². The first-order valence-corrected chi connectivity index (χ1v) is 9.77. The van der Waals surface area contributed by atoms with Crippen molar-refractivity contribution < 1.29 is 14.3 Å². The second kappa shape index (κ2) is 7.65. The van der Waals surface area contributed by atoms with Crippen molar-refractivity contribution in [2.75, 3.05) is 5.88 Å². The number of H-pyrrole nitrogens is 1. The van der Waals surface area contributed by atoms with Gasteiger partial charge in [-0.2, -0.15) is 0 Å². The van der Waals surface area contributed by atoms with Crippen molar-refractivity contribution in [2.45, 2.75) is 18.7 Å². The molecule has 7 nitrogen and oxygen atoms in total. The van der Waals surface area contributed by atoms with Crippen molar-refractivity contribution >= 4 is 35.2 Å². The van der Waals surface area contributed by atoms with Gasteiger partial charge < -0.3 is 4.74 Å². The number of imide groups is 1. The molecule has 0 saturated carbocycles. The molecule has 3 aromatic rings. The maximum absolute atomic E-state index is 12.4. The number of aromatic amines is 1. The minimum absolute atomic E-state index is 0.140. The highest BCUT2D eigenvalue weighted by molar-refractivity contribution is 7.99. The van der Waals surface area contributed by atoms with Gasteiger partial charge in [-0.15, -0.1) is 5.10 Å². The second-order valence-corrected chi connectivity index (χ2v) is 7.44. The summed E-state index contributed by atoms with van der Waals surface area (Å²) in [7, 11) is 0. The van der Waals surface area contributed by atoms with Crippen LogP contribution in [0.4, 0.5) is 0 Å². The van der Waals surface area contributed by atoms with Crippen molar-refractivity contribution in [2.24, 2.45) is 0 Å². The van der Waals surface area contributed by atoms with Crippen LogP contribution in [0.15, 0.2) is 47.6 Å². The number of halogens is 1. The van der Waals surface area contributed by atoms with Gasteiger partial charge in [-0.3, -0.25) is 19.6 Å². The van der Waals surface area contributed by atoms with Gasteiger partial charge in [-0.05, 0) is 42.8 Å². The molecule has 1 aliphatic rings. The van der Waals surface area contributed by atoms with E-state index >= 15 is 0 Å². The van der Waals surface area contributed by atoms with Crippen molar-refractivity contribution in [3.63, 3.8) is 0 Å². The van der Waals surface area contributed by atoms with Gasteiger partial charge in [0.25, 0.3) is 11.8 Å². The molecule has 0 aliphatic carbocycles. The van der Waals surface area contributed by atoms with Gasteiger partial charge in [0, 0.05) is 5.02 Å². The highest BCUT2D eigenvalue weighted by Crippen LogP contribution is 2.26. The van der Waals surface area contributed by atoms with Gasteiger partial charge in [0.05, 0.1) is 17.0 Å². The van der Waals surface area contributed by atoms with E-state index in [9.17, 15) is 9.59 Å². The number of hydrogen-bond acceptors (Lipinski definition) is 6. The summed E-state index contributed by atoms with van der Waals surface area (Å²) < 4.78 is 5.68. The van der Waals surface area contributed by atoms with E-state index in [1.165, 1.54) is 16.7 Å². The molecule has 9 heteroatoms.